The van der Waals surface area contributed by atoms with E-state index in [0.29, 0.717) is 31.0 Å². The summed E-state index contributed by atoms with van der Waals surface area (Å²) in [5, 5.41) is 3.44. The fraction of sp³-hybridized carbons (Fsp3) is 0.316. The Balaban J connectivity index is 1.64. The van der Waals surface area contributed by atoms with Gasteiger partial charge in [-0.3, -0.25) is 4.79 Å². The highest BCUT2D eigenvalue weighted by Crippen LogP contribution is 2.24. The lowest BCUT2D eigenvalue weighted by atomic mass is 9.99. The van der Waals surface area contributed by atoms with Crippen LogP contribution in [0.5, 0.6) is 0 Å². The van der Waals surface area contributed by atoms with Gasteiger partial charge in [0.15, 0.2) is 0 Å². The van der Waals surface area contributed by atoms with Gasteiger partial charge in [-0.2, -0.15) is 4.31 Å². The Morgan fingerprint density at radius 3 is 2.67 bits per heavy atom. The number of rotatable bonds is 5. The molecule has 1 amide bonds. The lowest BCUT2D eigenvalue weighted by Gasteiger charge is -2.31. The van der Waals surface area contributed by atoms with Gasteiger partial charge in [0.2, 0.25) is 15.9 Å². The van der Waals surface area contributed by atoms with Crippen molar-refractivity contribution >= 4 is 27.5 Å². The van der Waals surface area contributed by atoms with E-state index in [2.05, 4.69) is 5.32 Å². The van der Waals surface area contributed by atoms with Crippen molar-refractivity contribution in [2.24, 2.45) is 5.92 Å². The van der Waals surface area contributed by atoms with Crippen molar-refractivity contribution < 1.29 is 17.6 Å². The number of hydrogen-bond donors (Lipinski definition) is 1. The lowest BCUT2D eigenvalue weighted by Crippen LogP contribution is -2.45. The van der Waals surface area contributed by atoms with E-state index in [-0.39, 0.29) is 17.3 Å². The number of carbonyl (C=O) groups excluding carboxylic acids is 1. The van der Waals surface area contributed by atoms with Crippen LogP contribution < -0.4 is 5.32 Å². The van der Waals surface area contributed by atoms with Gasteiger partial charge in [0, 0.05) is 24.7 Å². The van der Waals surface area contributed by atoms with Crippen molar-refractivity contribution in [1.29, 1.82) is 0 Å². The topological polar surface area (TPSA) is 66.5 Å². The molecule has 3 rings (SSSR count). The van der Waals surface area contributed by atoms with Crippen molar-refractivity contribution in [3.05, 3.63) is 64.9 Å². The van der Waals surface area contributed by atoms with Crippen LogP contribution in [-0.2, 0) is 21.4 Å². The fourth-order valence-corrected chi connectivity index (χ4v) is 4.85. The first-order valence-corrected chi connectivity index (χ1v) is 10.5. The monoisotopic (exact) mass is 410 g/mol. The zero-order chi connectivity index (χ0) is 19.4. The SMILES string of the molecule is O=C(NCc1cccc(Cl)c1)[C@@H]1CCCN(S(=O)(=O)c2ccc(F)cc2)C1. The molecule has 0 bridgehead atoms. The van der Waals surface area contributed by atoms with E-state index in [4.69, 9.17) is 11.6 Å². The van der Waals surface area contributed by atoms with E-state index in [9.17, 15) is 17.6 Å². The molecule has 2 aromatic carbocycles. The Hall–Kier alpha value is -1.96. The Bertz CT molecular complexity index is 919. The third-order valence-electron chi connectivity index (χ3n) is 4.56. The highest BCUT2D eigenvalue weighted by Gasteiger charge is 2.33. The lowest BCUT2D eigenvalue weighted by molar-refractivity contribution is -0.126. The molecule has 144 valence electrons. The van der Waals surface area contributed by atoms with Gasteiger partial charge in [0.1, 0.15) is 5.82 Å². The Labute approximate surface area is 163 Å². The number of nitrogens with one attached hydrogen (secondary N) is 1. The highest BCUT2D eigenvalue weighted by molar-refractivity contribution is 7.89. The van der Waals surface area contributed by atoms with Crippen molar-refractivity contribution in [3.63, 3.8) is 0 Å². The summed E-state index contributed by atoms with van der Waals surface area (Å²) in [4.78, 5) is 12.5. The van der Waals surface area contributed by atoms with Gasteiger partial charge in [0.25, 0.3) is 0 Å². The summed E-state index contributed by atoms with van der Waals surface area (Å²) in [6, 6.07) is 11.9. The number of nitrogens with zero attached hydrogens (tertiary/aromatic N) is 1. The number of halogens is 2. The molecular formula is C19H20ClFN2O3S. The first-order chi connectivity index (χ1) is 12.9. The summed E-state index contributed by atoms with van der Waals surface area (Å²) < 4.78 is 39.8. The van der Waals surface area contributed by atoms with E-state index in [1.807, 2.05) is 6.07 Å². The third kappa shape index (κ3) is 4.86. The van der Waals surface area contributed by atoms with E-state index in [0.717, 1.165) is 17.7 Å². The summed E-state index contributed by atoms with van der Waals surface area (Å²) in [5.41, 5.74) is 0.877. The van der Waals surface area contributed by atoms with E-state index < -0.39 is 21.8 Å². The van der Waals surface area contributed by atoms with Gasteiger partial charge in [-0.25, -0.2) is 12.8 Å². The second kappa shape index (κ2) is 8.37. The molecule has 1 aliphatic heterocycles. The van der Waals surface area contributed by atoms with Gasteiger partial charge >= 0.3 is 0 Å². The zero-order valence-corrected chi connectivity index (χ0v) is 16.1. The number of benzene rings is 2. The molecule has 1 atom stereocenters. The standard InChI is InChI=1S/C19H20ClFN2O3S/c20-16-5-1-3-14(11-16)12-22-19(24)15-4-2-10-23(13-15)27(25,26)18-8-6-17(21)7-9-18/h1,3,5-9,11,15H,2,4,10,12-13H2,(H,22,24)/t15-/m1/s1. The summed E-state index contributed by atoms with van der Waals surface area (Å²) in [5.74, 6) is -1.10. The molecule has 2 aromatic rings. The van der Waals surface area contributed by atoms with E-state index in [1.54, 1.807) is 18.2 Å². The maximum Gasteiger partial charge on any atom is 0.243 e. The highest BCUT2D eigenvalue weighted by atomic mass is 35.5. The van der Waals surface area contributed by atoms with Gasteiger partial charge in [-0.1, -0.05) is 23.7 Å². The Kier molecular flexibility index (Phi) is 6.14. The van der Waals surface area contributed by atoms with Crippen LogP contribution in [0.1, 0.15) is 18.4 Å². The molecule has 0 aliphatic carbocycles. The molecule has 1 aliphatic rings. The quantitative estimate of drug-likeness (QED) is 0.823. The summed E-state index contributed by atoms with van der Waals surface area (Å²) in [6.07, 6.45) is 1.21. The number of amides is 1. The van der Waals surface area contributed by atoms with Crippen LogP contribution in [0, 0.1) is 11.7 Å². The molecule has 8 heteroatoms. The molecule has 0 radical (unpaired) electrons. The first kappa shape index (κ1) is 19.8. The Morgan fingerprint density at radius 2 is 1.96 bits per heavy atom. The number of carbonyl (C=O) groups is 1. The average molecular weight is 411 g/mol. The van der Waals surface area contributed by atoms with Crippen molar-refractivity contribution in [3.8, 4) is 0 Å². The molecule has 0 spiro atoms. The van der Waals surface area contributed by atoms with Crippen LogP contribution >= 0.6 is 11.6 Å². The van der Waals surface area contributed by atoms with Crippen molar-refractivity contribution in [2.45, 2.75) is 24.3 Å². The molecule has 1 saturated heterocycles. The molecule has 1 N–H and O–H groups in total. The molecule has 5 nitrogen and oxygen atoms in total. The maximum absolute atomic E-state index is 13.1. The second-order valence-electron chi connectivity index (χ2n) is 6.50. The van der Waals surface area contributed by atoms with Gasteiger partial charge in [-0.05, 0) is 54.8 Å². The third-order valence-corrected chi connectivity index (χ3v) is 6.68. The van der Waals surface area contributed by atoms with Crippen LogP contribution in [0.15, 0.2) is 53.4 Å². The largest absolute Gasteiger partial charge is 0.352 e. The number of hydrogen-bond acceptors (Lipinski definition) is 3. The maximum atomic E-state index is 13.1. The number of piperidine rings is 1. The summed E-state index contributed by atoms with van der Waals surface area (Å²) in [7, 11) is -3.75. The van der Waals surface area contributed by atoms with Crippen LogP contribution in [0.2, 0.25) is 5.02 Å². The van der Waals surface area contributed by atoms with E-state index >= 15 is 0 Å². The van der Waals surface area contributed by atoms with Crippen molar-refractivity contribution in [2.75, 3.05) is 13.1 Å². The van der Waals surface area contributed by atoms with Gasteiger partial charge in [-0.15, -0.1) is 0 Å². The van der Waals surface area contributed by atoms with Crippen LogP contribution in [0.3, 0.4) is 0 Å². The Morgan fingerprint density at radius 1 is 1.22 bits per heavy atom. The fourth-order valence-electron chi connectivity index (χ4n) is 3.11. The normalized spacial score (nSPS) is 18.2. The summed E-state index contributed by atoms with van der Waals surface area (Å²) in [6.45, 7) is 0.791. The molecule has 0 unspecified atom stereocenters. The van der Waals surface area contributed by atoms with Gasteiger partial charge < -0.3 is 5.32 Å². The minimum absolute atomic E-state index is 0.0314. The number of sulfonamides is 1. The molecule has 0 saturated carbocycles. The smallest absolute Gasteiger partial charge is 0.243 e. The minimum Gasteiger partial charge on any atom is -0.352 e. The van der Waals surface area contributed by atoms with Crippen LogP contribution in [0.4, 0.5) is 4.39 Å². The van der Waals surface area contributed by atoms with Crippen molar-refractivity contribution in [1.82, 2.24) is 9.62 Å². The molecule has 1 fully saturated rings. The molecule has 1 heterocycles. The van der Waals surface area contributed by atoms with Crippen LogP contribution in [-0.4, -0.2) is 31.7 Å². The predicted molar refractivity (Wildman–Crippen MR) is 101 cm³/mol. The molecule has 0 aromatic heterocycles. The minimum atomic E-state index is -3.75. The molecule has 27 heavy (non-hydrogen) atoms. The van der Waals surface area contributed by atoms with Gasteiger partial charge in [0.05, 0.1) is 10.8 Å². The first-order valence-electron chi connectivity index (χ1n) is 8.64. The van der Waals surface area contributed by atoms with Crippen LogP contribution in [0.25, 0.3) is 0 Å². The summed E-state index contributed by atoms with van der Waals surface area (Å²) >= 11 is 5.94. The van der Waals surface area contributed by atoms with E-state index in [1.165, 1.54) is 16.4 Å². The second-order valence-corrected chi connectivity index (χ2v) is 8.88. The average Bonchev–Trinajstić information content (AvgIpc) is 2.66. The predicted octanol–water partition coefficient (Wildman–Crippen LogP) is 3.20. The zero-order valence-electron chi connectivity index (χ0n) is 14.6. The molecular weight excluding hydrogens is 391 g/mol.